The van der Waals surface area contributed by atoms with Crippen molar-refractivity contribution in [2.24, 2.45) is 52.8 Å². The Hall–Kier alpha value is -6.20. The zero-order chi connectivity index (χ0) is 69.9. The largest absolute Gasteiger partial charge is 0.449 e. The minimum Gasteiger partial charge on any atom is -0.449 e. The monoisotopic (exact) mass is 1270 g/mol. The Morgan fingerprint density at radius 1 is 0.578 bits per heavy atom. The maximum atomic E-state index is 15.1. The van der Waals surface area contributed by atoms with E-state index in [0.29, 0.717) is 12.8 Å². The van der Waals surface area contributed by atoms with Crippen molar-refractivity contribution in [2.75, 3.05) is 55.9 Å². The Labute approximate surface area is 538 Å². The van der Waals surface area contributed by atoms with Crippen molar-refractivity contribution >= 4 is 70.8 Å². The highest BCUT2D eigenvalue weighted by Gasteiger charge is 2.47. The van der Waals surface area contributed by atoms with Crippen molar-refractivity contribution in [2.45, 2.75) is 243 Å². The molecular formula is C66H118N10O14. The molecule has 0 bridgehead atoms. The van der Waals surface area contributed by atoms with E-state index in [1.54, 1.807) is 55.4 Å². The van der Waals surface area contributed by atoms with Crippen molar-refractivity contribution in [3.8, 4) is 0 Å². The van der Waals surface area contributed by atoms with Crippen LogP contribution in [0.2, 0.25) is 0 Å². The number of amides is 10. The van der Waals surface area contributed by atoms with Crippen LogP contribution in [0.1, 0.15) is 182 Å². The summed E-state index contributed by atoms with van der Waals surface area (Å²) in [5.41, 5.74) is -1.34. The van der Waals surface area contributed by atoms with Crippen LogP contribution < -0.4 is 21.3 Å². The molecule has 5 N–H and O–H groups in total. The summed E-state index contributed by atoms with van der Waals surface area (Å²) >= 11 is 0. The number of Topliss-reactive ketones (excluding diaryl/α,β-unsaturated/α-hetero) is 2. The topological polar surface area (TPSA) is 302 Å². The highest BCUT2D eigenvalue weighted by Crippen LogP contribution is 2.32. The highest BCUT2D eigenvalue weighted by atomic mass is 16.5. The number of alkyl carbamates (subject to hydrolysis) is 1. The molecule has 10 amide bonds. The van der Waals surface area contributed by atoms with Crippen LogP contribution in [0.4, 0.5) is 4.79 Å². The van der Waals surface area contributed by atoms with Gasteiger partial charge in [0.1, 0.15) is 48.9 Å². The van der Waals surface area contributed by atoms with Gasteiger partial charge < -0.3 is 60.5 Å². The lowest BCUT2D eigenvalue weighted by Crippen LogP contribution is -2.63. The molecule has 1 rings (SSSR count). The van der Waals surface area contributed by atoms with Crippen LogP contribution in [0.5, 0.6) is 0 Å². The molecule has 0 saturated carbocycles. The van der Waals surface area contributed by atoms with E-state index in [-0.39, 0.29) is 56.5 Å². The molecule has 0 aliphatic carbocycles. The van der Waals surface area contributed by atoms with Gasteiger partial charge in [-0.3, -0.25) is 52.7 Å². The summed E-state index contributed by atoms with van der Waals surface area (Å²) in [6.07, 6.45) is -0.730. The third-order valence-corrected chi connectivity index (χ3v) is 17.7. The van der Waals surface area contributed by atoms with E-state index in [1.807, 2.05) is 48.5 Å². The Morgan fingerprint density at radius 2 is 1.07 bits per heavy atom. The van der Waals surface area contributed by atoms with Gasteiger partial charge in [-0.1, -0.05) is 124 Å². The van der Waals surface area contributed by atoms with Gasteiger partial charge >= 0.3 is 6.09 Å². The number of ketones is 2. The fraction of sp³-hybridized carbons (Fsp3) is 0.818. The second-order valence-corrected chi connectivity index (χ2v) is 28.1. The summed E-state index contributed by atoms with van der Waals surface area (Å²) < 4.78 is 5.48. The Bertz CT molecular complexity index is 2470. The van der Waals surface area contributed by atoms with Crippen LogP contribution >= 0.6 is 0 Å². The molecule has 13 atom stereocenters. The van der Waals surface area contributed by atoms with Gasteiger partial charge in [-0.2, -0.15) is 0 Å². The molecule has 0 aromatic carbocycles. The summed E-state index contributed by atoms with van der Waals surface area (Å²) in [4.78, 5) is 182. The van der Waals surface area contributed by atoms with Crippen molar-refractivity contribution in [3.05, 3.63) is 0 Å². The molecule has 516 valence electrons. The van der Waals surface area contributed by atoms with E-state index in [4.69, 9.17) is 4.74 Å². The molecule has 0 aromatic rings. The molecule has 1 fully saturated rings. The molecule has 0 spiro atoms. The third kappa shape index (κ3) is 22.6. The van der Waals surface area contributed by atoms with E-state index in [0.717, 1.165) is 16.2 Å². The van der Waals surface area contributed by atoms with Crippen LogP contribution in [0, 0.1) is 52.8 Å². The molecule has 1 saturated heterocycles. The van der Waals surface area contributed by atoms with E-state index < -0.39 is 173 Å². The number of aliphatic hydroxyl groups is 1. The maximum absolute atomic E-state index is 15.1. The molecule has 90 heavy (non-hydrogen) atoms. The standard InChI is InChI=1S/C66H118N10O14/c1-26-28-29-41(13)54(79)52-57(81)69-46(27-2)62(86)71(20)44(16)60(84)76(25)55(66(17,18)35-90-65(89)67-19)51(78)34-45(39(9)10)61(85)72(21)47(30-36(3)4)50(77)33-42(14)56(80)68-43(15)59(83)73(22)48(31-37(5)6)63(87)74(23)49(32-38(7)8)64(88)75(24)53(40(11)12)58(82)70-52/h36-49,52-55,79H,26-35H2,1-25H3,(H,67,89)(H,68,80)(H,69,81)(H,70,82)/t41-,42-,43-,44-,45+,46+,47+,48+,49+,52+,53+,54-,55-/m1/s1. The SMILES string of the molecule is CCCC[C@@H](C)[C@@H](O)[C@@H]1NC(=O)[C@H](C(C)C)N(C)C(=O)[C@H](CC(C)C)N(C)C(=O)[C@H](CC(C)C)N(C)C(=O)[C@@H](C)NC(=O)[C@H](C)CC(=O)[C@H](CC(C)C)N(C)C(=O)[C@H](C(C)C)CC(=O)[C@H](C(C)(C)COC(=O)NC)N(C)C(=O)[C@@H](C)N(C)C(=O)[C@H](CC)NC1=O. The summed E-state index contributed by atoms with van der Waals surface area (Å²) in [5.74, 6) is -11.4. The average molecular weight is 1280 g/mol. The molecule has 0 aromatic heterocycles. The quantitative estimate of drug-likeness (QED) is 0.127. The first-order valence-corrected chi connectivity index (χ1v) is 32.6. The first kappa shape index (κ1) is 81.8. The van der Waals surface area contributed by atoms with Gasteiger partial charge in [0, 0.05) is 79.4 Å². The average Bonchev–Trinajstić information content (AvgIpc) is 0.915. The van der Waals surface area contributed by atoms with Crippen molar-refractivity contribution < 1.29 is 67.4 Å². The Morgan fingerprint density at radius 3 is 1.53 bits per heavy atom. The van der Waals surface area contributed by atoms with Crippen LogP contribution in [-0.2, 0) is 57.5 Å². The number of aliphatic hydroxyl groups excluding tert-OH is 1. The van der Waals surface area contributed by atoms with E-state index >= 15 is 9.59 Å². The zero-order valence-electron chi connectivity index (χ0n) is 59.4. The molecule has 24 heteroatoms. The number of hydrogen-bond donors (Lipinski definition) is 5. The second kappa shape index (κ2) is 36.7. The number of nitrogens with one attached hydrogen (secondary N) is 4. The predicted molar refractivity (Wildman–Crippen MR) is 346 cm³/mol. The highest BCUT2D eigenvalue weighted by molar-refractivity contribution is 6.00. The van der Waals surface area contributed by atoms with Gasteiger partial charge in [0.15, 0.2) is 11.6 Å². The van der Waals surface area contributed by atoms with Crippen molar-refractivity contribution in [1.82, 2.24) is 50.7 Å². The number of unbranched alkanes of at least 4 members (excludes halogenated alkanes) is 1. The fourth-order valence-electron chi connectivity index (χ4n) is 11.9. The van der Waals surface area contributed by atoms with Crippen molar-refractivity contribution in [1.29, 1.82) is 0 Å². The van der Waals surface area contributed by atoms with E-state index in [2.05, 4.69) is 21.3 Å². The molecule has 1 aliphatic rings. The lowest BCUT2D eigenvalue weighted by atomic mass is 9.77. The van der Waals surface area contributed by atoms with Gasteiger partial charge in [-0.05, 0) is 81.5 Å². The number of rotatable bonds is 17. The lowest BCUT2D eigenvalue weighted by molar-refractivity contribution is -0.154. The minimum absolute atomic E-state index is 0.0220. The summed E-state index contributed by atoms with van der Waals surface area (Å²) in [6.45, 7) is 30.7. The first-order valence-electron chi connectivity index (χ1n) is 32.6. The van der Waals surface area contributed by atoms with Gasteiger partial charge in [0.05, 0.1) is 18.2 Å². The number of ether oxygens (including phenoxy) is 1. The number of hydrogen-bond acceptors (Lipinski definition) is 14. The predicted octanol–water partition coefficient (Wildman–Crippen LogP) is 5.06. The molecular weight excluding hydrogens is 1160 g/mol. The van der Waals surface area contributed by atoms with Gasteiger partial charge in [0.25, 0.3) is 0 Å². The number of carbonyl (C=O) groups is 12. The molecule has 24 nitrogen and oxygen atoms in total. The summed E-state index contributed by atoms with van der Waals surface area (Å²) in [6, 6.07) is -11.6. The van der Waals surface area contributed by atoms with Crippen molar-refractivity contribution in [3.63, 3.8) is 0 Å². The number of carbonyl (C=O) groups excluding carboxylic acids is 12. The summed E-state index contributed by atoms with van der Waals surface area (Å²) in [7, 11) is 9.87. The molecule has 1 aliphatic heterocycles. The number of nitrogens with zero attached hydrogens (tertiary/aromatic N) is 6. The van der Waals surface area contributed by atoms with Gasteiger partial charge in [-0.25, -0.2) is 4.79 Å². The smallest absolute Gasteiger partial charge is 0.406 e. The molecule has 1 heterocycles. The van der Waals surface area contributed by atoms with Crippen LogP contribution in [0.15, 0.2) is 0 Å². The minimum atomic E-state index is -1.67. The van der Waals surface area contributed by atoms with Gasteiger partial charge in [-0.15, -0.1) is 0 Å². The summed E-state index contributed by atoms with van der Waals surface area (Å²) in [5, 5.41) is 22.6. The number of likely N-dealkylation sites (N-methyl/N-ethyl adjacent to an activating group) is 6. The fourth-order valence-corrected chi connectivity index (χ4v) is 11.9. The molecule has 0 radical (unpaired) electrons. The van der Waals surface area contributed by atoms with E-state index in [1.165, 1.54) is 89.7 Å². The maximum Gasteiger partial charge on any atom is 0.406 e. The van der Waals surface area contributed by atoms with Crippen LogP contribution in [0.25, 0.3) is 0 Å². The van der Waals surface area contributed by atoms with Crippen LogP contribution in [0.3, 0.4) is 0 Å². The van der Waals surface area contributed by atoms with Gasteiger partial charge in [0.2, 0.25) is 53.2 Å². The Kier molecular flexibility index (Phi) is 33.4. The zero-order valence-corrected chi connectivity index (χ0v) is 59.4. The lowest BCUT2D eigenvalue weighted by Gasteiger charge is -2.42. The third-order valence-electron chi connectivity index (χ3n) is 17.7. The Balaban J connectivity index is 4.44. The second-order valence-electron chi connectivity index (χ2n) is 28.1. The van der Waals surface area contributed by atoms with E-state index in [9.17, 15) is 53.1 Å². The first-order chi connectivity index (χ1) is 41.5. The molecule has 0 unspecified atom stereocenters. The normalized spacial score (nSPS) is 26.9. The van der Waals surface area contributed by atoms with Crippen LogP contribution in [-0.4, -0.2) is 222 Å².